The van der Waals surface area contributed by atoms with Crippen LogP contribution in [0.3, 0.4) is 0 Å². The average Bonchev–Trinajstić information content (AvgIpc) is 2.42. The highest BCUT2D eigenvalue weighted by Gasteiger charge is 2.13. The summed E-state index contributed by atoms with van der Waals surface area (Å²) in [4.78, 5) is 12.2. The van der Waals surface area contributed by atoms with Gasteiger partial charge < -0.3 is 5.73 Å². The Kier molecular flexibility index (Phi) is 5.12. The highest BCUT2D eigenvalue weighted by atomic mass is 79.9. The highest BCUT2D eigenvalue weighted by molar-refractivity contribution is 9.10. The molecule has 0 saturated heterocycles. The molecule has 2 nitrogen and oxygen atoms in total. The first kappa shape index (κ1) is 15.7. The maximum absolute atomic E-state index is 13.0. The van der Waals surface area contributed by atoms with Gasteiger partial charge in [-0.05, 0) is 41.3 Å². The summed E-state index contributed by atoms with van der Waals surface area (Å²) in [6, 6.07) is 12.0. The summed E-state index contributed by atoms with van der Waals surface area (Å²) in [5, 5.41) is 0. The molecule has 1 atom stereocenters. The molecule has 0 spiro atoms. The van der Waals surface area contributed by atoms with Crippen molar-refractivity contribution in [1.82, 2.24) is 0 Å². The number of hydrogen-bond acceptors (Lipinski definition) is 2. The normalized spacial score (nSPS) is 12.1. The second-order valence-electron chi connectivity index (χ2n) is 5.22. The molecular weight excluding hydrogens is 333 g/mol. The van der Waals surface area contributed by atoms with Gasteiger partial charge in [-0.3, -0.25) is 4.79 Å². The maximum atomic E-state index is 13.0. The van der Waals surface area contributed by atoms with Gasteiger partial charge in [-0.2, -0.15) is 0 Å². The summed E-state index contributed by atoms with van der Waals surface area (Å²) in [7, 11) is 0. The van der Waals surface area contributed by atoms with Gasteiger partial charge in [0.05, 0.1) is 0 Å². The van der Waals surface area contributed by atoms with Gasteiger partial charge in [0.15, 0.2) is 0 Å². The van der Waals surface area contributed by atoms with E-state index in [0.717, 1.165) is 11.1 Å². The van der Waals surface area contributed by atoms with Gasteiger partial charge >= 0.3 is 0 Å². The van der Waals surface area contributed by atoms with E-state index in [9.17, 15) is 9.18 Å². The Labute approximate surface area is 132 Å². The van der Waals surface area contributed by atoms with Gasteiger partial charge in [0, 0.05) is 23.0 Å². The third kappa shape index (κ3) is 4.39. The van der Waals surface area contributed by atoms with Crippen LogP contribution in [-0.2, 0) is 11.2 Å². The third-order valence-corrected chi connectivity index (χ3v) is 4.18. The lowest BCUT2D eigenvalue weighted by atomic mass is 9.93. The number of Topliss-reactive ketones (excluding diaryl/α,β-unsaturated/α-hetero) is 1. The minimum Gasteiger partial charge on any atom is -0.399 e. The zero-order chi connectivity index (χ0) is 15.4. The van der Waals surface area contributed by atoms with Gasteiger partial charge in [0.1, 0.15) is 11.6 Å². The van der Waals surface area contributed by atoms with Gasteiger partial charge in [-0.1, -0.05) is 41.1 Å². The number of benzene rings is 2. The number of carbonyl (C=O) groups excluding carboxylic acids is 1. The third-order valence-electron chi connectivity index (χ3n) is 3.44. The Morgan fingerprint density at radius 1 is 1.24 bits per heavy atom. The van der Waals surface area contributed by atoms with Crippen LogP contribution in [0.2, 0.25) is 0 Å². The van der Waals surface area contributed by atoms with Crippen LogP contribution in [0.1, 0.15) is 30.4 Å². The van der Waals surface area contributed by atoms with E-state index in [2.05, 4.69) is 15.9 Å². The number of halogens is 2. The molecule has 0 heterocycles. The fraction of sp³-hybridized carbons (Fsp3) is 0.235. The number of ketones is 1. The Morgan fingerprint density at radius 3 is 2.52 bits per heavy atom. The first-order valence-corrected chi connectivity index (χ1v) is 7.56. The van der Waals surface area contributed by atoms with Crippen molar-refractivity contribution in [3.8, 4) is 0 Å². The van der Waals surface area contributed by atoms with E-state index in [-0.39, 0.29) is 17.5 Å². The maximum Gasteiger partial charge on any atom is 0.137 e. The quantitative estimate of drug-likeness (QED) is 0.809. The molecule has 0 fully saturated rings. The minimum absolute atomic E-state index is 0.131. The molecule has 4 heteroatoms. The van der Waals surface area contributed by atoms with Crippen molar-refractivity contribution in [3.63, 3.8) is 0 Å². The molecule has 0 aliphatic rings. The molecule has 0 aliphatic carbocycles. The van der Waals surface area contributed by atoms with Crippen LogP contribution >= 0.6 is 15.9 Å². The van der Waals surface area contributed by atoms with E-state index in [1.54, 1.807) is 6.07 Å². The standard InChI is InChI=1S/C17H17BrFNO/c1-11(12-3-6-15(20)7-4-12)8-16(21)9-13-2-5-14(19)10-17(13)18/h2-7,10-11H,8-9,20H2,1H3. The Bertz CT molecular complexity index is 640. The number of nitrogen functional groups attached to an aromatic ring is 1. The molecule has 2 N–H and O–H groups in total. The molecule has 0 saturated carbocycles. The molecule has 0 amide bonds. The number of hydrogen-bond donors (Lipinski definition) is 1. The molecule has 21 heavy (non-hydrogen) atoms. The van der Waals surface area contributed by atoms with Crippen LogP contribution in [-0.4, -0.2) is 5.78 Å². The predicted octanol–water partition coefficient (Wildman–Crippen LogP) is 4.48. The lowest BCUT2D eigenvalue weighted by Crippen LogP contribution is -2.08. The van der Waals surface area contributed by atoms with Crippen molar-refractivity contribution < 1.29 is 9.18 Å². The molecule has 0 radical (unpaired) electrons. The molecule has 2 aromatic carbocycles. The van der Waals surface area contributed by atoms with Gasteiger partial charge in [0.25, 0.3) is 0 Å². The molecule has 0 bridgehead atoms. The second-order valence-corrected chi connectivity index (χ2v) is 6.08. The van der Waals surface area contributed by atoms with E-state index in [1.807, 2.05) is 31.2 Å². The summed E-state index contributed by atoms with van der Waals surface area (Å²) in [5.41, 5.74) is 8.28. The zero-order valence-corrected chi connectivity index (χ0v) is 13.4. The summed E-state index contributed by atoms with van der Waals surface area (Å²) in [6.45, 7) is 2.02. The van der Waals surface area contributed by atoms with Gasteiger partial charge in [-0.15, -0.1) is 0 Å². The van der Waals surface area contributed by atoms with E-state index < -0.39 is 0 Å². The Hall–Kier alpha value is -1.68. The number of anilines is 1. The average molecular weight is 350 g/mol. The fourth-order valence-corrected chi connectivity index (χ4v) is 2.72. The lowest BCUT2D eigenvalue weighted by molar-refractivity contribution is -0.118. The van der Waals surface area contributed by atoms with E-state index in [0.29, 0.717) is 23.0 Å². The summed E-state index contributed by atoms with van der Waals surface area (Å²) in [5.74, 6) is -0.0442. The van der Waals surface area contributed by atoms with Crippen LogP contribution < -0.4 is 5.73 Å². The Morgan fingerprint density at radius 2 is 1.90 bits per heavy atom. The van der Waals surface area contributed by atoms with Crippen molar-refractivity contribution in [1.29, 1.82) is 0 Å². The smallest absolute Gasteiger partial charge is 0.137 e. The highest BCUT2D eigenvalue weighted by Crippen LogP contribution is 2.23. The van der Waals surface area contributed by atoms with Crippen LogP contribution in [0.5, 0.6) is 0 Å². The molecule has 2 aromatic rings. The van der Waals surface area contributed by atoms with Crippen LogP contribution in [0, 0.1) is 5.82 Å². The van der Waals surface area contributed by atoms with Crippen molar-refractivity contribution in [2.45, 2.75) is 25.7 Å². The number of carbonyl (C=O) groups is 1. The van der Waals surface area contributed by atoms with Gasteiger partial charge in [-0.25, -0.2) is 4.39 Å². The summed E-state index contributed by atoms with van der Waals surface area (Å²) in [6.07, 6.45) is 0.758. The van der Waals surface area contributed by atoms with Crippen molar-refractivity contribution in [3.05, 3.63) is 63.9 Å². The van der Waals surface area contributed by atoms with Crippen LogP contribution in [0.25, 0.3) is 0 Å². The molecule has 110 valence electrons. The van der Waals surface area contributed by atoms with E-state index >= 15 is 0 Å². The summed E-state index contributed by atoms with van der Waals surface area (Å²) < 4.78 is 13.7. The van der Waals surface area contributed by atoms with Crippen molar-refractivity contribution in [2.24, 2.45) is 0 Å². The predicted molar refractivity (Wildman–Crippen MR) is 86.7 cm³/mol. The lowest BCUT2D eigenvalue weighted by Gasteiger charge is -2.12. The number of nitrogens with two attached hydrogens (primary N) is 1. The minimum atomic E-state index is -0.312. The van der Waals surface area contributed by atoms with Crippen molar-refractivity contribution >= 4 is 27.4 Å². The number of rotatable bonds is 5. The summed E-state index contributed by atoms with van der Waals surface area (Å²) >= 11 is 3.29. The van der Waals surface area contributed by atoms with Crippen molar-refractivity contribution in [2.75, 3.05) is 5.73 Å². The van der Waals surface area contributed by atoms with E-state index in [1.165, 1.54) is 12.1 Å². The van der Waals surface area contributed by atoms with Gasteiger partial charge in [0.2, 0.25) is 0 Å². The zero-order valence-electron chi connectivity index (χ0n) is 11.8. The molecule has 0 aromatic heterocycles. The Balaban J connectivity index is 1.99. The molecule has 0 aliphatic heterocycles. The first-order chi connectivity index (χ1) is 9.95. The van der Waals surface area contributed by atoms with Crippen LogP contribution in [0.15, 0.2) is 46.9 Å². The largest absolute Gasteiger partial charge is 0.399 e. The first-order valence-electron chi connectivity index (χ1n) is 6.77. The molecule has 2 rings (SSSR count). The second kappa shape index (κ2) is 6.85. The van der Waals surface area contributed by atoms with E-state index in [4.69, 9.17) is 5.73 Å². The SMILES string of the molecule is CC(CC(=O)Cc1ccc(F)cc1Br)c1ccc(N)cc1. The molecule has 1 unspecified atom stereocenters. The topological polar surface area (TPSA) is 43.1 Å². The molecular formula is C17H17BrFNO. The van der Waals surface area contributed by atoms with Crippen LogP contribution in [0.4, 0.5) is 10.1 Å². The monoisotopic (exact) mass is 349 g/mol. The fourth-order valence-electron chi connectivity index (χ4n) is 2.23.